The van der Waals surface area contributed by atoms with E-state index in [0.29, 0.717) is 25.2 Å². The molecule has 0 saturated carbocycles. The number of hydrogen-bond donors (Lipinski definition) is 1. The van der Waals surface area contributed by atoms with Crippen molar-refractivity contribution in [3.63, 3.8) is 0 Å². The van der Waals surface area contributed by atoms with Crippen LogP contribution in [0.15, 0.2) is 72.8 Å². The lowest BCUT2D eigenvalue weighted by atomic mass is 9.77. The number of likely N-dealkylation sites (tertiary alicyclic amines) is 1. The molecule has 2 saturated heterocycles. The standard InChI is InChI=1S/C33H37N3O5/c1-4-16-34-17-8-12-26-27(30(34)38)28-31(39)36(25(20-37)23-10-6-5-7-11-23)29-32(40)35(18-9-15-33(28,29)41-26)24-19-21(2)13-14-22(24)3/h5-15,19,25-29,37H,4,16-18,20H2,1-3H3/t25-,26+,27-,28+,29?,33+/m1/s1. The van der Waals surface area contributed by atoms with Crippen molar-refractivity contribution in [2.24, 2.45) is 11.8 Å². The highest BCUT2D eigenvalue weighted by Crippen LogP contribution is 2.55. The zero-order valence-corrected chi connectivity index (χ0v) is 23.8. The SMILES string of the molecule is CCCN1CC=C[C@@H]2O[C@]34C=CCN(c5cc(C)ccc5C)C(=O)C3N([C@H](CO)c3ccccc3)C(=O)[C@@H]4[C@@H]2C1=O. The molecule has 41 heavy (non-hydrogen) atoms. The van der Waals surface area contributed by atoms with Crippen molar-refractivity contribution in [1.82, 2.24) is 9.80 Å². The molecule has 0 radical (unpaired) electrons. The average molecular weight is 556 g/mol. The van der Waals surface area contributed by atoms with Gasteiger partial charge >= 0.3 is 0 Å². The van der Waals surface area contributed by atoms with Gasteiger partial charge in [0.05, 0.1) is 30.6 Å². The molecule has 6 rings (SSSR count). The molecule has 2 aromatic carbocycles. The van der Waals surface area contributed by atoms with Gasteiger partial charge in [-0.3, -0.25) is 14.4 Å². The summed E-state index contributed by atoms with van der Waals surface area (Å²) >= 11 is 0. The van der Waals surface area contributed by atoms with E-state index in [1.807, 2.05) is 93.6 Å². The van der Waals surface area contributed by atoms with Crippen molar-refractivity contribution in [1.29, 1.82) is 0 Å². The first-order chi connectivity index (χ1) is 19.8. The van der Waals surface area contributed by atoms with Crippen LogP contribution in [-0.2, 0) is 19.1 Å². The van der Waals surface area contributed by atoms with Gasteiger partial charge in [-0.05, 0) is 43.0 Å². The zero-order chi connectivity index (χ0) is 28.9. The Balaban J connectivity index is 1.52. The van der Waals surface area contributed by atoms with Crippen LogP contribution in [0, 0.1) is 25.7 Å². The number of aliphatic hydroxyl groups excluding tert-OH is 1. The molecule has 1 N–H and O–H groups in total. The van der Waals surface area contributed by atoms with Crippen molar-refractivity contribution in [2.75, 3.05) is 31.1 Å². The quantitative estimate of drug-likeness (QED) is 0.553. The van der Waals surface area contributed by atoms with Gasteiger partial charge in [0.1, 0.15) is 11.6 Å². The van der Waals surface area contributed by atoms with Crippen LogP contribution >= 0.6 is 0 Å². The van der Waals surface area contributed by atoms with E-state index >= 15 is 0 Å². The second kappa shape index (κ2) is 10.6. The predicted molar refractivity (Wildman–Crippen MR) is 155 cm³/mol. The Hall–Kier alpha value is -3.75. The first-order valence-corrected chi connectivity index (χ1v) is 14.5. The number of fused-ring (bicyclic) bond motifs is 2. The van der Waals surface area contributed by atoms with E-state index in [1.165, 1.54) is 4.90 Å². The molecule has 4 aliphatic rings. The molecule has 3 amide bonds. The third kappa shape index (κ3) is 4.23. The highest BCUT2D eigenvalue weighted by atomic mass is 16.5. The maximum absolute atomic E-state index is 14.8. The lowest BCUT2D eigenvalue weighted by Gasteiger charge is -2.39. The van der Waals surface area contributed by atoms with E-state index in [0.717, 1.165) is 23.2 Å². The molecule has 2 aromatic rings. The highest BCUT2D eigenvalue weighted by molar-refractivity contribution is 6.06. The van der Waals surface area contributed by atoms with Gasteiger partial charge in [-0.1, -0.05) is 73.7 Å². The van der Waals surface area contributed by atoms with Crippen LogP contribution < -0.4 is 4.90 Å². The number of benzene rings is 2. The molecule has 6 atom stereocenters. The Labute approximate surface area is 240 Å². The topological polar surface area (TPSA) is 90.4 Å². The van der Waals surface area contributed by atoms with Gasteiger partial charge in [0, 0.05) is 25.3 Å². The maximum Gasteiger partial charge on any atom is 0.253 e. The summed E-state index contributed by atoms with van der Waals surface area (Å²) in [6.07, 6.45) is 7.72. The molecule has 8 heteroatoms. The fraction of sp³-hybridized carbons (Fsp3) is 0.424. The molecule has 0 aliphatic carbocycles. The minimum absolute atomic E-state index is 0.130. The number of carbonyl (C=O) groups excluding carboxylic acids is 3. The third-order valence-electron chi connectivity index (χ3n) is 9.02. The van der Waals surface area contributed by atoms with Crippen molar-refractivity contribution < 1.29 is 24.2 Å². The summed E-state index contributed by atoms with van der Waals surface area (Å²) in [4.78, 5) is 48.4. The second-order valence-corrected chi connectivity index (χ2v) is 11.6. The van der Waals surface area contributed by atoms with E-state index in [-0.39, 0.29) is 24.3 Å². The normalized spacial score (nSPS) is 29.8. The fourth-order valence-corrected chi connectivity index (χ4v) is 7.19. The molecule has 0 bridgehead atoms. The summed E-state index contributed by atoms with van der Waals surface area (Å²) < 4.78 is 6.76. The number of aryl methyl sites for hydroxylation is 2. The summed E-state index contributed by atoms with van der Waals surface area (Å²) in [5.74, 6) is -2.42. The summed E-state index contributed by atoms with van der Waals surface area (Å²) in [5.41, 5.74) is 2.09. The average Bonchev–Trinajstić information content (AvgIpc) is 3.29. The molecular weight excluding hydrogens is 518 g/mol. The first-order valence-electron chi connectivity index (χ1n) is 14.5. The van der Waals surface area contributed by atoms with Gasteiger partial charge in [-0.2, -0.15) is 0 Å². The summed E-state index contributed by atoms with van der Waals surface area (Å²) in [6, 6.07) is 13.4. The minimum Gasteiger partial charge on any atom is -0.394 e. The molecule has 1 unspecified atom stereocenters. The number of ether oxygens (including phenoxy) is 1. The van der Waals surface area contributed by atoms with Gasteiger partial charge in [-0.15, -0.1) is 0 Å². The lowest BCUT2D eigenvalue weighted by molar-refractivity contribution is -0.147. The summed E-state index contributed by atoms with van der Waals surface area (Å²) in [6.45, 7) is 6.92. The van der Waals surface area contributed by atoms with Crippen LogP contribution in [0.3, 0.4) is 0 Å². The smallest absolute Gasteiger partial charge is 0.253 e. The Morgan fingerprint density at radius 2 is 1.78 bits per heavy atom. The van der Waals surface area contributed by atoms with E-state index in [4.69, 9.17) is 4.74 Å². The largest absolute Gasteiger partial charge is 0.394 e. The van der Waals surface area contributed by atoms with E-state index in [2.05, 4.69) is 0 Å². The molecule has 1 spiro atoms. The lowest BCUT2D eigenvalue weighted by Crippen LogP contribution is -2.56. The Morgan fingerprint density at radius 1 is 1.00 bits per heavy atom. The van der Waals surface area contributed by atoms with Gasteiger partial charge in [0.15, 0.2) is 0 Å². The van der Waals surface area contributed by atoms with E-state index in [9.17, 15) is 19.5 Å². The van der Waals surface area contributed by atoms with Crippen molar-refractivity contribution in [3.8, 4) is 0 Å². The molecular formula is C33H37N3O5. The van der Waals surface area contributed by atoms with Crippen LogP contribution in [0.25, 0.3) is 0 Å². The van der Waals surface area contributed by atoms with Crippen molar-refractivity contribution in [3.05, 3.63) is 89.5 Å². The number of anilines is 1. The monoisotopic (exact) mass is 555 g/mol. The van der Waals surface area contributed by atoms with Crippen LogP contribution in [0.1, 0.15) is 36.1 Å². The van der Waals surface area contributed by atoms with Gasteiger partial charge in [0.25, 0.3) is 5.91 Å². The van der Waals surface area contributed by atoms with Crippen LogP contribution in [-0.4, -0.2) is 76.6 Å². The number of amides is 3. The third-order valence-corrected chi connectivity index (χ3v) is 9.02. The Bertz CT molecular complexity index is 1420. The summed E-state index contributed by atoms with van der Waals surface area (Å²) in [7, 11) is 0. The first kappa shape index (κ1) is 27.4. The molecule has 4 aliphatic heterocycles. The van der Waals surface area contributed by atoms with Crippen molar-refractivity contribution >= 4 is 23.4 Å². The number of rotatable bonds is 6. The van der Waals surface area contributed by atoms with Gasteiger partial charge in [-0.25, -0.2) is 0 Å². The Morgan fingerprint density at radius 3 is 2.51 bits per heavy atom. The maximum atomic E-state index is 14.8. The molecule has 4 heterocycles. The second-order valence-electron chi connectivity index (χ2n) is 11.6. The predicted octanol–water partition coefficient (Wildman–Crippen LogP) is 3.33. The van der Waals surface area contributed by atoms with Crippen LogP contribution in [0.4, 0.5) is 5.69 Å². The van der Waals surface area contributed by atoms with E-state index < -0.39 is 35.6 Å². The zero-order valence-electron chi connectivity index (χ0n) is 23.8. The van der Waals surface area contributed by atoms with Crippen molar-refractivity contribution in [2.45, 2.75) is 51.0 Å². The van der Waals surface area contributed by atoms with Crippen LogP contribution in [0.2, 0.25) is 0 Å². The van der Waals surface area contributed by atoms with Gasteiger partial charge < -0.3 is 24.5 Å². The number of aliphatic hydroxyl groups is 1. The van der Waals surface area contributed by atoms with Crippen LogP contribution in [0.5, 0.6) is 0 Å². The molecule has 214 valence electrons. The molecule has 2 fully saturated rings. The molecule has 0 aromatic heterocycles. The van der Waals surface area contributed by atoms with Gasteiger partial charge in [0.2, 0.25) is 11.8 Å². The number of hydrogen-bond acceptors (Lipinski definition) is 5. The number of carbonyl (C=O) groups is 3. The fourth-order valence-electron chi connectivity index (χ4n) is 7.19. The summed E-state index contributed by atoms with van der Waals surface area (Å²) in [5, 5.41) is 10.7. The number of nitrogens with zero attached hydrogens (tertiary/aromatic N) is 3. The molecule has 8 nitrogen and oxygen atoms in total. The highest BCUT2D eigenvalue weighted by Gasteiger charge is 2.72. The van der Waals surface area contributed by atoms with E-state index in [1.54, 1.807) is 9.80 Å². The Kier molecular flexibility index (Phi) is 7.08. The minimum atomic E-state index is -1.35.